The molecule has 0 amide bonds. The number of carbonyl (C=O) groups is 3. The Labute approximate surface area is 108 Å². The summed E-state index contributed by atoms with van der Waals surface area (Å²) in [6.45, 7) is 0. The number of esters is 2. The first-order chi connectivity index (χ1) is 8.60. The second-order valence-electron chi connectivity index (χ2n) is 4.11. The fraction of sp³-hybridized carbons (Fsp3) is 0.769. The number of Topliss-reactive ketones (excluding diaryl/α,β-unsaturated/α-hetero) is 1. The van der Waals surface area contributed by atoms with Crippen LogP contribution in [-0.2, 0) is 23.9 Å². The zero-order valence-electron chi connectivity index (χ0n) is 11.2. The van der Waals surface area contributed by atoms with E-state index < -0.39 is 0 Å². The highest BCUT2D eigenvalue weighted by molar-refractivity contribution is 5.82. The Balaban J connectivity index is 3.35. The van der Waals surface area contributed by atoms with E-state index in [1.165, 1.54) is 14.2 Å². The minimum atomic E-state index is -0.346. The van der Waals surface area contributed by atoms with Crippen LogP contribution in [-0.4, -0.2) is 31.9 Å². The lowest BCUT2D eigenvalue weighted by Crippen LogP contribution is -2.05. The van der Waals surface area contributed by atoms with E-state index in [-0.39, 0.29) is 30.6 Å². The molecule has 5 heteroatoms. The van der Waals surface area contributed by atoms with E-state index in [9.17, 15) is 14.4 Å². The van der Waals surface area contributed by atoms with Gasteiger partial charge in [0.25, 0.3) is 0 Å². The molecule has 0 saturated carbocycles. The van der Waals surface area contributed by atoms with Gasteiger partial charge in [0.15, 0.2) is 0 Å². The van der Waals surface area contributed by atoms with Gasteiger partial charge in [-0.2, -0.15) is 0 Å². The summed E-state index contributed by atoms with van der Waals surface area (Å²) in [6.07, 6.45) is 4.79. The fourth-order valence-corrected chi connectivity index (χ4v) is 1.52. The predicted octanol–water partition coefficient (Wildman–Crippen LogP) is 2.02. The van der Waals surface area contributed by atoms with Gasteiger partial charge in [-0.05, 0) is 12.8 Å². The van der Waals surface area contributed by atoms with Crippen LogP contribution in [0.1, 0.15) is 51.4 Å². The molecule has 0 aromatic rings. The highest BCUT2D eigenvalue weighted by Crippen LogP contribution is 2.08. The molecule has 0 aromatic carbocycles. The molecule has 0 aliphatic rings. The van der Waals surface area contributed by atoms with Crippen molar-refractivity contribution in [3.05, 3.63) is 0 Å². The quantitative estimate of drug-likeness (QED) is 0.443. The lowest BCUT2D eigenvalue weighted by atomic mass is 10.1. The average molecular weight is 258 g/mol. The third-order valence-electron chi connectivity index (χ3n) is 2.65. The number of hydrogen-bond donors (Lipinski definition) is 0. The zero-order chi connectivity index (χ0) is 13.8. The Bertz CT molecular complexity index is 273. The Morgan fingerprint density at radius 2 is 1.17 bits per heavy atom. The Morgan fingerprint density at radius 3 is 1.72 bits per heavy atom. The smallest absolute Gasteiger partial charge is 0.305 e. The summed E-state index contributed by atoms with van der Waals surface area (Å²) < 4.78 is 8.98. The molecule has 0 N–H and O–H groups in total. The van der Waals surface area contributed by atoms with Crippen LogP contribution in [0.3, 0.4) is 0 Å². The van der Waals surface area contributed by atoms with Gasteiger partial charge in [0.2, 0.25) is 0 Å². The van der Waals surface area contributed by atoms with Crippen molar-refractivity contribution >= 4 is 17.7 Å². The van der Waals surface area contributed by atoms with Gasteiger partial charge >= 0.3 is 11.9 Å². The molecule has 0 fully saturated rings. The van der Waals surface area contributed by atoms with Gasteiger partial charge in [0.05, 0.1) is 20.6 Å². The summed E-state index contributed by atoms with van der Waals surface area (Å²) in [5.74, 6) is -0.445. The Morgan fingerprint density at radius 1 is 0.667 bits per heavy atom. The lowest BCUT2D eigenvalue weighted by Gasteiger charge is -2.01. The van der Waals surface area contributed by atoms with Gasteiger partial charge in [-0.25, -0.2) is 0 Å². The van der Waals surface area contributed by atoms with E-state index in [2.05, 4.69) is 9.47 Å². The van der Waals surface area contributed by atoms with Crippen molar-refractivity contribution in [2.45, 2.75) is 51.4 Å². The second-order valence-corrected chi connectivity index (χ2v) is 4.11. The summed E-state index contributed by atoms with van der Waals surface area (Å²) >= 11 is 0. The molecule has 0 unspecified atom stereocenters. The van der Waals surface area contributed by atoms with Crippen molar-refractivity contribution in [2.24, 2.45) is 0 Å². The molecular formula is C13H22O5. The maximum atomic E-state index is 11.4. The molecule has 104 valence electrons. The molecule has 0 bridgehead atoms. The van der Waals surface area contributed by atoms with Crippen LogP contribution in [0.15, 0.2) is 0 Å². The number of unbranched alkanes of at least 4 members (excludes halogenated alkanes) is 3. The van der Waals surface area contributed by atoms with Gasteiger partial charge in [-0.3, -0.25) is 14.4 Å². The summed E-state index contributed by atoms with van der Waals surface area (Å²) in [5, 5.41) is 0. The van der Waals surface area contributed by atoms with Crippen molar-refractivity contribution in [1.82, 2.24) is 0 Å². The summed E-state index contributed by atoms with van der Waals surface area (Å²) in [7, 11) is 2.69. The number of methoxy groups -OCH3 is 2. The van der Waals surface area contributed by atoms with E-state index in [4.69, 9.17) is 0 Å². The largest absolute Gasteiger partial charge is 0.469 e. The monoisotopic (exact) mass is 258 g/mol. The van der Waals surface area contributed by atoms with E-state index >= 15 is 0 Å². The molecule has 0 rings (SSSR count). The maximum Gasteiger partial charge on any atom is 0.305 e. The van der Waals surface area contributed by atoms with Crippen molar-refractivity contribution in [2.75, 3.05) is 14.2 Å². The minimum Gasteiger partial charge on any atom is -0.469 e. The Kier molecular flexibility index (Phi) is 9.91. The highest BCUT2D eigenvalue weighted by Gasteiger charge is 2.06. The van der Waals surface area contributed by atoms with Crippen LogP contribution < -0.4 is 0 Å². The average Bonchev–Trinajstić information content (AvgIpc) is 2.39. The van der Waals surface area contributed by atoms with Crippen molar-refractivity contribution in [3.8, 4) is 0 Å². The number of rotatable bonds is 10. The zero-order valence-corrected chi connectivity index (χ0v) is 11.2. The molecule has 0 saturated heterocycles. The van der Waals surface area contributed by atoms with E-state index in [0.717, 1.165) is 25.7 Å². The van der Waals surface area contributed by atoms with E-state index in [0.29, 0.717) is 12.8 Å². The van der Waals surface area contributed by atoms with Crippen LogP contribution >= 0.6 is 0 Å². The fourth-order valence-electron chi connectivity index (χ4n) is 1.52. The standard InChI is InChI=1S/C13H22O5/c1-17-12(15)8-6-4-3-5-7-11(14)9-10-13(16)18-2/h3-10H2,1-2H3. The van der Waals surface area contributed by atoms with Crippen LogP contribution in [0, 0.1) is 0 Å². The second kappa shape index (κ2) is 10.7. The Hall–Kier alpha value is -1.39. The minimum absolute atomic E-state index is 0.0911. The molecule has 0 atom stereocenters. The van der Waals surface area contributed by atoms with Crippen molar-refractivity contribution in [1.29, 1.82) is 0 Å². The molecular weight excluding hydrogens is 236 g/mol. The molecule has 5 nitrogen and oxygen atoms in total. The van der Waals surface area contributed by atoms with Crippen LogP contribution in [0.5, 0.6) is 0 Å². The SMILES string of the molecule is COC(=O)CCCCCCC(=O)CCC(=O)OC. The molecule has 18 heavy (non-hydrogen) atoms. The highest BCUT2D eigenvalue weighted by atomic mass is 16.5. The summed E-state index contributed by atoms with van der Waals surface area (Å²) in [5.41, 5.74) is 0. The third kappa shape index (κ3) is 9.81. The van der Waals surface area contributed by atoms with Gasteiger partial charge in [0, 0.05) is 19.3 Å². The maximum absolute atomic E-state index is 11.4. The topological polar surface area (TPSA) is 69.7 Å². The van der Waals surface area contributed by atoms with Gasteiger partial charge in [-0.1, -0.05) is 12.8 Å². The van der Waals surface area contributed by atoms with Crippen molar-refractivity contribution in [3.63, 3.8) is 0 Å². The van der Waals surface area contributed by atoms with Gasteiger partial charge in [0.1, 0.15) is 5.78 Å². The van der Waals surface area contributed by atoms with E-state index in [1.807, 2.05) is 0 Å². The molecule has 0 aliphatic heterocycles. The number of ether oxygens (including phenoxy) is 2. The van der Waals surface area contributed by atoms with Crippen LogP contribution in [0.2, 0.25) is 0 Å². The summed E-state index contributed by atoms with van der Waals surface area (Å²) in [6, 6.07) is 0. The van der Waals surface area contributed by atoms with E-state index in [1.54, 1.807) is 0 Å². The third-order valence-corrected chi connectivity index (χ3v) is 2.65. The van der Waals surface area contributed by atoms with Crippen LogP contribution in [0.4, 0.5) is 0 Å². The summed E-state index contributed by atoms with van der Waals surface area (Å²) in [4.78, 5) is 33.0. The number of ketones is 1. The van der Waals surface area contributed by atoms with Crippen molar-refractivity contribution < 1.29 is 23.9 Å². The first-order valence-electron chi connectivity index (χ1n) is 6.25. The number of hydrogen-bond acceptors (Lipinski definition) is 5. The first kappa shape index (κ1) is 16.6. The normalized spacial score (nSPS) is 9.89. The molecule has 0 aromatic heterocycles. The lowest BCUT2D eigenvalue weighted by molar-refractivity contribution is -0.142. The number of carbonyl (C=O) groups excluding carboxylic acids is 3. The molecule has 0 spiro atoms. The van der Waals surface area contributed by atoms with Crippen LogP contribution in [0.25, 0.3) is 0 Å². The predicted molar refractivity (Wildman–Crippen MR) is 66.0 cm³/mol. The van der Waals surface area contributed by atoms with Gasteiger partial charge < -0.3 is 9.47 Å². The first-order valence-corrected chi connectivity index (χ1v) is 6.25. The molecule has 0 radical (unpaired) electrons. The molecule has 0 aliphatic carbocycles. The molecule has 0 heterocycles. The van der Waals surface area contributed by atoms with Gasteiger partial charge in [-0.15, -0.1) is 0 Å².